The first-order chi connectivity index (χ1) is 14.7. The number of hydrogen-bond donors (Lipinski definition) is 1. The van der Waals surface area contributed by atoms with E-state index in [4.69, 9.17) is 14.2 Å². The van der Waals surface area contributed by atoms with E-state index < -0.39 is 5.91 Å². The molecule has 0 spiro atoms. The third-order valence-corrected chi connectivity index (χ3v) is 4.50. The molecule has 3 aromatic rings. The second kappa shape index (κ2) is 10.3. The summed E-state index contributed by atoms with van der Waals surface area (Å²) >= 11 is 0. The molecule has 0 unspecified atom stereocenters. The van der Waals surface area contributed by atoms with E-state index in [0.29, 0.717) is 23.9 Å². The van der Waals surface area contributed by atoms with E-state index in [0.717, 1.165) is 30.7 Å². The number of amides is 1. The molecule has 1 heterocycles. The molecule has 1 amide bonds. The Bertz CT molecular complexity index is 952. The lowest BCUT2D eigenvalue weighted by Crippen LogP contribution is -2.15. The summed E-state index contributed by atoms with van der Waals surface area (Å²) in [5.41, 5.74) is 1.46. The molecule has 1 aromatic heterocycles. The molecular weight excluding hydrogens is 384 g/mol. The van der Waals surface area contributed by atoms with E-state index >= 15 is 0 Å². The first-order valence-corrected chi connectivity index (χ1v) is 9.84. The Balaban J connectivity index is 1.85. The summed E-state index contributed by atoms with van der Waals surface area (Å²) in [5.74, 6) is 1.34. The average molecular weight is 410 g/mol. The van der Waals surface area contributed by atoms with E-state index in [9.17, 15) is 4.79 Å². The predicted octanol–water partition coefficient (Wildman–Crippen LogP) is 4.11. The summed E-state index contributed by atoms with van der Waals surface area (Å²) in [4.78, 5) is 12.9. The van der Waals surface area contributed by atoms with Gasteiger partial charge in [-0.15, -0.1) is 5.10 Å². The summed E-state index contributed by atoms with van der Waals surface area (Å²) in [6, 6.07) is 14.3. The number of aromatic nitrogens is 3. The van der Waals surface area contributed by atoms with Gasteiger partial charge in [0.1, 0.15) is 11.5 Å². The van der Waals surface area contributed by atoms with Crippen LogP contribution in [0, 0.1) is 0 Å². The maximum absolute atomic E-state index is 12.9. The molecule has 0 aliphatic heterocycles. The van der Waals surface area contributed by atoms with Crippen LogP contribution in [-0.2, 0) is 0 Å². The van der Waals surface area contributed by atoms with Crippen molar-refractivity contribution >= 4 is 11.6 Å². The van der Waals surface area contributed by atoms with Gasteiger partial charge in [-0.05, 0) is 55.0 Å². The number of ether oxygens (including phenoxy) is 3. The maximum atomic E-state index is 12.9. The topological polar surface area (TPSA) is 87.5 Å². The number of anilines is 1. The molecule has 0 fully saturated rings. The summed E-state index contributed by atoms with van der Waals surface area (Å²) in [6.45, 7) is 2.59. The van der Waals surface area contributed by atoms with E-state index in [2.05, 4.69) is 22.6 Å². The Morgan fingerprint density at radius 1 is 0.967 bits per heavy atom. The molecule has 0 saturated carbocycles. The van der Waals surface area contributed by atoms with Gasteiger partial charge in [-0.25, -0.2) is 0 Å². The maximum Gasteiger partial charge on any atom is 0.281 e. The minimum absolute atomic E-state index is 0.123. The van der Waals surface area contributed by atoms with Gasteiger partial charge in [-0.1, -0.05) is 25.0 Å². The normalized spacial score (nSPS) is 10.5. The van der Waals surface area contributed by atoms with E-state index in [1.807, 2.05) is 24.3 Å². The third-order valence-electron chi connectivity index (χ3n) is 4.50. The van der Waals surface area contributed by atoms with E-state index in [1.165, 1.54) is 4.68 Å². The highest BCUT2D eigenvalue weighted by Gasteiger charge is 2.22. The van der Waals surface area contributed by atoms with Crippen molar-refractivity contribution < 1.29 is 19.0 Å². The van der Waals surface area contributed by atoms with Crippen LogP contribution in [0.1, 0.15) is 36.7 Å². The van der Waals surface area contributed by atoms with Crippen molar-refractivity contribution in [3.63, 3.8) is 0 Å². The average Bonchev–Trinajstić information content (AvgIpc) is 3.21. The van der Waals surface area contributed by atoms with Crippen LogP contribution < -0.4 is 19.5 Å². The van der Waals surface area contributed by atoms with Crippen LogP contribution in [0.2, 0.25) is 0 Å². The van der Waals surface area contributed by atoms with Crippen LogP contribution in [-0.4, -0.2) is 41.7 Å². The zero-order valence-corrected chi connectivity index (χ0v) is 17.4. The zero-order valence-electron chi connectivity index (χ0n) is 17.4. The van der Waals surface area contributed by atoms with Gasteiger partial charge in [0.15, 0.2) is 0 Å². The molecule has 0 saturated heterocycles. The fourth-order valence-electron chi connectivity index (χ4n) is 2.82. The number of nitrogens with one attached hydrogen (secondary N) is 1. The lowest BCUT2D eigenvalue weighted by molar-refractivity contribution is 0.101. The number of hydrogen-bond acceptors (Lipinski definition) is 6. The molecule has 0 bridgehead atoms. The van der Waals surface area contributed by atoms with Crippen molar-refractivity contribution in [2.75, 3.05) is 26.1 Å². The Morgan fingerprint density at radius 3 is 2.20 bits per heavy atom. The van der Waals surface area contributed by atoms with Gasteiger partial charge in [0, 0.05) is 5.69 Å². The van der Waals surface area contributed by atoms with Crippen molar-refractivity contribution in [2.45, 2.75) is 26.2 Å². The molecule has 0 atom stereocenters. The van der Waals surface area contributed by atoms with Gasteiger partial charge >= 0.3 is 0 Å². The lowest BCUT2D eigenvalue weighted by Gasteiger charge is -2.11. The standard InChI is InChI=1S/C22H26N4O4/c1-4-5-6-15-30-22-20(21(27)23-16-7-11-18(28-2)12-8-16)24-25-26(22)17-9-13-19(29-3)14-10-17/h7-14H,4-6,15H2,1-3H3,(H,23,27). The first-order valence-electron chi connectivity index (χ1n) is 9.84. The van der Waals surface area contributed by atoms with Crippen molar-refractivity contribution in [1.82, 2.24) is 15.0 Å². The molecule has 0 aliphatic rings. The highest BCUT2D eigenvalue weighted by Crippen LogP contribution is 2.24. The minimum Gasteiger partial charge on any atom is -0.497 e. The summed E-state index contributed by atoms with van der Waals surface area (Å²) in [7, 11) is 3.20. The van der Waals surface area contributed by atoms with Gasteiger partial charge in [-0.3, -0.25) is 4.79 Å². The fraction of sp³-hybridized carbons (Fsp3) is 0.318. The zero-order chi connectivity index (χ0) is 21.3. The number of nitrogens with zero attached hydrogens (tertiary/aromatic N) is 3. The van der Waals surface area contributed by atoms with Gasteiger partial charge in [0.05, 0.1) is 26.5 Å². The Morgan fingerprint density at radius 2 is 1.60 bits per heavy atom. The SMILES string of the molecule is CCCCCOc1c(C(=O)Nc2ccc(OC)cc2)nnn1-c1ccc(OC)cc1. The molecule has 0 radical (unpaired) electrons. The highest BCUT2D eigenvalue weighted by atomic mass is 16.5. The van der Waals surface area contributed by atoms with E-state index in [-0.39, 0.29) is 5.69 Å². The lowest BCUT2D eigenvalue weighted by atomic mass is 10.2. The van der Waals surface area contributed by atoms with Gasteiger partial charge < -0.3 is 19.5 Å². The van der Waals surface area contributed by atoms with Crippen LogP contribution in [0.4, 0.5) is 5.69 Å². The molecule has 3 rings (SSSR count). The second-order valence-corrected chi connectivity index (χ2v) is 6.59. The smallest absolute Gasteiger partial charge is 0.281 e. The van der Waals surface area contributed by atoms with Gasteiger partial charge in [0.25, 0.3) is 11.8 Å². The molecule has 8 heteroatoms. The van der Waals surface area contributed by atoms with Crippen LogP contribution >= 0.6 is 0 Å². The van der Waals surface area contributed by atoms with Crippen LogP contribution in [0.3, 0.4) is 0 Å². The molecule has 8 nitrogen and oxygen atoms in total. The van der Waals surface area contributed by atoms with E-state index in [1.54, 1.807) is 38.5 Å². The minimum atomic E-state index is -0.398. The quantitative estimate of drug-likeness (QED) is 0.506. The first kappa shape index (κ1) is 21.2. The van der Waals surface area contributed by atoms with Crippen molar-refractivity contribution in [2.24, 2.45) is 0 Å². The van der Waals surface area contributed by atoms with Crippen molar-refractivity contribution in [1.29, 1.82) is 0 Å². The number of carbonyl (C=O) groups is 1. The Labute approximate surface area is 175 Å². The number of methoxy groups -OCH3 is 2. The third kappa shape index (κ3) is 5.08. The van der Waals surface area contributed by atoms with Crippen LogP contribution in [0.15, 0.2) is 48.5 Å². The molecule has 1 N–H and O–H groups in total. The molecule has 30 heavy (non-hydrogen) atoms. The molecule has 2 aromatic carbocycles. The molecular formula is C22H26N4O4. The molecule has 0 aliphatic carbocycles. The predicted molar refractivity (Wildman–Crippen MR) is 114 cm³/mol. The summed E-state index contributed by atoms with van der Waals surface area (Å²) < 4.78 is 17.8. The molecule has 158 valence electrons. The highest BCUT2D eigenvalue weighted by molar-refractivity contribution is 6.04. The van der Waals surface area contributed by atoms with Crippen molar-refractivity contribution in [3.05, 3.63) is 54.2 Å². The Hall–Kier alpha value is -3.55. The number of rotatable bonds is 10. The monoisotopic (exact) mass is 410 g/mol. The second-order valence-electron chi connectivity index (χ2n) is 6.59. The summed E-state index contributed by atoms with van der Waals surface area (Å²) in [6.07, 6.45) is 2.99. The van der Waals surface area contributed by atoms with Crippen LogP contribution in [0.25, 0.3) is 5.69 Å². The fourth-order valence-corrected chi connectivity index (χ4v) is 2.82. The number of carbonyl (C=O) groups excluding carboxylic acids is 1. The summed E-state index contributed by atoms with van der Waals surface area (Å²) in [5, 5.41) is 11.1. The van der Waals surface area contributed by atoms with Gasteiger partial charge in [0.2, 0.25) is 5.69 Å². The van der Waals surface area contributed by atoms with Gasteiger partial charge in [-0.2, -0.15) is 4.68 Å². The van der Waals surface area contributed by atoms with Crippen molar-refractivity contribution in [3.8, 4) is 23.1 Å². The number of unbranched alkanes of at least 4 members (excludes halogenated alkanes) is 2. The Kier molecular flexibility index (Phi) is 7.26. The number of benzene rings is 2. The van der Waals surface area contributed by atoms with Crippen LogP contribution in [0.5, 0.6) is 17.4 Å². The largest absolute Gasteiger partial charge is 0.497 e.